The molecule has 7 nitrogen and oxygen atoms in total. The van der Waals surface area contributed by atoms with E-state index >= 15 is 0 Å². The van der Waals surface area contributed by atoms with E-state index in [-0.39, 0.29) is 5.91 Å². The molecule has 3 rings (SSSR count). The second kappa shape index (κ2) is 7.67. The van der Waals surface area contributed by atoms with Crippen molar-refractivity contribution in [3.05, 3.63) is 34.7 Å². The summed E-state index contributed by atoms with van der Waals surface area (Å²) in [6.07, 6.45) is 7.02. The van der Waals surface area contributed by atoms with Gasteiger partial charge in [0.15, 0.2) is 0 Å². The molecule has 0 N–H and O–H groups in total. The van der Waals surface area contributed by atoms with Gasteiger partial charge in [0.1, 0.15) is 5.82 Å². The topological polar surface area (TPSA) is 65.5 Å². The van der Waals surface area contributed by atoms with Crippen molar-refractivity contribution < 1.29 is 4.79 Å². The lowest BCUT2D eigenvalue weighted by Crippen LogP contribution is -2.51. The number of anilines is 1. The first-order valence-corrected chi connectivity index (χ1v) is 8.82. The maximum Gasteiger partial charge on any atom is 0.236 e. The number of thiazole rings is 1. The number of rotatable bonds is 5. The number of hydrogen-bond donors (Lipinski definition) is 0. The Kier molecular flexibility index (Phi) is 5.37. The van der Waals surface area contributed by atoms with Crippen molar-refractivity contribution in [2.24, 2.45) is 0 Å². The minimum atomic E-state index is 0.178. The minimum absolute atomic E-state index is 0.178. The van der Waals surface area contributed by atoms with Crippen LogP contribution in [0.1, 0.15) is 9.88 Å². The summed E-state index contributed by atoms with van der Waals surface area (Å²) in [4.78, 5) is 32.5. The average Bonchev–Trinajstić information content (AvgIpc) is 3.00. The van der Waals surface area contributed by atoms with Gasteiger partial charge in [-0.05, 0) is 14.0 Å². The quantitative estimate of drug-likeness (QED) is 0.805. The Hall–Kier alpha value is -2.06. The van der Waals surface area contributed by atoms with Gasteiger partial charge in [0.05, 0.1) is 17.7 Å². The highest BCUT2D eigenvalue weighted by Crippen LogP contribution is 2.14. The normalized spacial score (nSPS) is 15.1. The van der Waals surface area contributed by atoms with Crippen molar-refractivity contribution in [2.45, 2.75) is 13.5 Å². The zero-order valence-corrected chi connectivity index (χ0v) is 14.9. The van der Waals surface area contributed by atoms with E-state index in [1.807, 2.05) is 30.0 Å². The molecule has 0 spiro atoms. The standard InChI is InChI=1S/C16H22N6OS/c1-13-19-9-14(24-13)11-20(2)12-16(23)22-7-5-21(6-8-22)15-10-17-3-4-18-15/h3-4,9-10H,5-8,11-12H2,1-2H3. The van der Waals surface area contributed by atoms with Crippen molar-refractivity contribution in [1.82, 2.24) is 24.8 Å². The maximum absolute atomic E-state index is 12.5. The number of aryl methyl sites for hydroxylation is 1. The number of piperazine rings is 1. The molecule has 8 heteroatoms. The third-order valence-corrected chi connectivity index (χ3v) is 4.90. The van der Waals surface area contributed by atoms with Gasteiger partial charge in [-0.1, -0.05) is 0 Å². The average molecular weight is 346 g/mol. The summed E-state index contributed by atoms with van der Waals surface area (Å²) >= 11 is 1.68. The predicted molar refractivity (Wildman–Crippen MR) is 94.0 cm³/mol. The molecular formula is C16H22N6OS. The summed E-state index contributed by atoms with van der Waals surface area (Å²) in [7, 11) is 1.97. The number of hydrogen-bond acceptors (Lipinski definition) is 7. The molecule has 1 saturated heterocycles. The van der Waals surface area contributed by atoms with Gasteiger partial charge in [-0.25, -0.2) is 9.97 Å². The Labute approximate surface area is 146 Å². The lowest BCUT2D eigenvalue weighted by molar-refractivity contribution is -0.132. The highest BCUT2D eigenvalue weighted by molar-refractivity contribution is 7.11. The molecule has 2 aromatic rings. The predicted octanol–water partition coefficient (Wildman–Crippen LogP) is 1.02. The monoisotopic (exact) mass is 346 g/mol. The molecule has 0 unspecified atom stereocenters. The van der Waals surface area contributed by atoms with E-state index in [4.69, 9.17) is 0 Å². The van der Waals surface area contributed by atoms with Crippen LogP contribution >= 0.6 is 11.3 Å². The van der Waals surface area contributed by atoms with E-state index in [1.54, 1.807) is 29.9 Å². The van der Waals surface area contributed by atoms with Crippen LogP contribution in [-0.4, -0.2) is 70.4 Å². The number of nitrogens with zero attached hydrogens (tertiary/aromatic N) is 6. The fraction of sp³-hybridized carbons (Fsp3) is 0.500. The molecule has 2 aromatic heterocycles. The lowest BCUT2D eigenvalue weighted by Gasteiger charge is -2.35. The van der Waals surface area contributed by atoms with E-state index in [0.29, 0.717) is 6.54 Å². The summed E-state index contributed by atoms with van der Waals surface area (Å²) in [6, 6.07) is 0. The van der Waals surface area contributed by atoms with Gasteiger partial charge in [0.25, 0.3) is 0 Å². The van der Waals surface area contributed by atoms with Crippen LogP contribution in [-0.2, 0) is 11.3 Å². The van der Waals surface area contributed by atoms with E-state index < -0.39 is 0 Å². The van der Waals surface area contributed by atoms with E-state index in [9.17, 15) is 4.79 Å². The smallest absolute Gasteiger partial charge is 0.236 e. The lowest BCUT2D eigenvalue weighted by atomic mass is 10.3. The molecule has 0 radical (unpaired) electrons. The van der Waals surface area contributed by atoms with Crippen molar-refractivity contribution >= 4 is 23.1 Å². The SMILES string of the molecule is Cc1ncc(CN(C)CC(=O)N2CCN(c3cnccn3)CC2)s1. The zero-order valence-electron chi connectivity index (χ0n) is 14.1. The van der Waals surface area contributed by atoms with Crippen LogP contribution in [0.25, 0.3) is 0 Å². The van der Waals surface area contributed by atoms with Crippen LogP contribution in [0, 0.1) is 6.92 Å². The van der Waals surface area contributed by atoms with Gasteiger partial charge >= 0.3 is 0 Å². The summed E-state index contributed by atoms with van der Waals surface area (Å²) < 4.78 is 0. The van der Waals surface area contributed by atoms with Crippen LogP contribution < -0.4 is 4.90 Å². The Morgan fingerprint density at radius 2 is 2.00 bits per heavy atom. The number of amides is 1. The second-order valence-corrected chi connectivity index (χ2v) is 7.27. The summed E-state index contributed by atoms with van der Waals surface area (Å²) in [5.41, 5.74) is 0. The van der Waals surface area contributed by atoms with Crippen LogP contribution in [0.5, 0.6) is 0 Å². The van der Waals surface area contributed by atoms with Gasteiger partial charge in [-0.3, -0.25) is 14.7 Å². The fourth-order valence-corrected chi connectivity index (χ4v) is 3.65. The first kappa shape index (κ1) is 16.8. The van der Waals surface area contributed by atoms with E-state index in [1.165, 1.54) is 4.88 Å². The third-order valence-electron chi connectivity index (χ3n) is 4.01. The fourth-order valence-electron chi connectivity index (χ4n) is 2.77. The molecule has 24 heavy (non-hydrogen) atoms. The molecule has 0 aromatic carbocycles. The Bertz CT molecular complexity index is 668. The minimum Gasteiger partial charge on any atom is -0.352 e. The molecule has 0 bridgehead atoms. The third kappa shape index (κ3) is 4.27. The van der Waals surface area contributed by atoms with Gasteiger partial charge in [-0.15, -0.1) is 11.3 Å². The molecule has 1 amide bonds. The summed E-state index contributed by atoms with van der Waals surface area (Å²) in [5, 5.41) is 1.06. The Morgan fingerprint density at radius 3 is 2.62 bits per heavy atom. The highest BCUT2D eigenvalue weighted by Gasteiger charge is 2.22. The number of carbonyl (C=O) groups is 1. The number of carbonyl (C=O) groups excluding carboxylic acids is 1. The van der Waals surface area contributed by atoms with Crippen LogP contribution in [0.15, 0.2) is 24.8 Å². The van der Waals surface area contributed by atoms with Crippen LogP contribution in [0.3, 0.4) is 0 Å². The largest absolute Gasteiger partial charge is 0.352 e. The molecule has 128 valence electrons. The number of aromatic nitrogens is 3. The first-order chi connectivity index (χ1) is 11.6. The number of likely N-dealkylation sites (N-methyl/N-ethyl adjacent to an activating group) is 1. The molecule has 1 fully saturated rings. The Morgan fingerprint density at radius 1 is 1.21 bits per heavy atom. The molecule has 0 atom stereocenters. The van der Waals surface area contributed by atoms with Crippen molar-refractivity contribution in [1.29, 1.82) is 0 Å². The molecule has 0 aliphatic carbocycles. The molecule has 0 saturated carbocycles. The van der Waals surface area contributed by atoms with Crippen molar-refractivity contribution in [3.63, 3.8) is 0 Å². The van der Waals surface area contributed by atoms with Gasteiger partial charge < -0.3 is 9.80 Å². The van der Waals surface area contributed by atoms with Crippen LogP contribution in [0.2, 0.25) is 0 Å². The van der Waals surface area contributed by atoms with Gasteiger partial charge in [0.2, 0.25) is 5.91 Å². The van der Waals surface area contributed by atoms with Crippen molar-refractivity contribution in [2.75, 3.05) is 44.7 Å². The zero-order chi connectivity index (χ0) is 16.9. The highest BCUT2D eigenvalue weighted by atomic mass is 32.1. The molecular weight excluding hydrogens is 324 g/mol. The maximum atomic E-state index is 12.5. The molecule has 3 heterocycles. The summed E-state index contributed by atoms with van der Waals surface area (Å²) in [5.74, 6) is 1.06. The second-order valence-electron chi connectivity index (χ2n) is 5.95. The summed E-state index contributed by atoms with van der Waals surface area (Å²) in [6.45, 7) is 6.23. The van der Waals surface area contributed by atoms with Gasteiger partial charge in [0, 0.05) is 56.2 Å². The molecule has 1 aliphatic heterocycles. The Balaban J connectivity index is 1.46. The van der Waals surface area contributed by atoms with Crippen LogP contribution in [0.4, 0.5) is 5.82 Å². The molecule has 1 aliphatic rings. The first-order valence-electron chi connectivity index (χ1n) is 8.00. The van der Waals surface area contributed by atoms with E-state index in [0.717, 1.165) is 43.5 Å². The van der Waals surface area contributed by atoms with Crippen molar-refractivity contribution in [3.8, 4) is 0 Å². The van der Waals surface area contributed by atoms with Gasteiger partial charge in [-0.2, -0.15) is 0 Å². The van der Waals surface area contributed by atoms with E-state index in [2.05, 4.69) is 19.9 Å².